The highest BCUT2D eigenvalue weighted by Crippen LogP contribution is 2.33. The summed E-state index contributed by atoms with van der Waals surface area (Å²) >= 11 is 0. The Hall–Kier alpha value is -1.96. The SMILES string of the molecule is NS(=O)(=O)c1cc(F)cc(-c2ccc3c(c2)CC(CO)O3)c1. The quantitative estimate of drug-likeness (QED) is 0.894. The van der Waals surface area contributed by atoms with Gasteiger partial charge in [-0.15, -0.1) is 0 Å². The highest BCUT2D eigenvalue weighted by molar-refractivity contribution is 7.89. The van der Waals surface area contributed by atoms with Crippen molar-refractivity contribution in [1.29, 1.82) is 0 Å². The van der Waals surface area contributed by atoms with E-state index in [2.05, 4.69) is 0 Å². The van der Waals surface area contributed by atoms with Crippen LogP contribution < -0.4 is 9.88 Å². The number of ether oxygens (including phenoxy) is 1. The average molecular weight is 323 g/mol. The smallest absolute Gasteiger partial charge is 0.238 e. The molecule has 0 spiro atoms. The van der Waals surface area contributed by atoms with Gasteiger partial charge in [0.2, 0.25) is 10.0 Å². The zero-order chi connectivity index (χ0) is 15.9. The van der Waals surface area contributed by atoms with Crippen LogP contribution in [0.2, 0.25) is 0 Å². The Balaban J connectivity index is 2.05. The molecule has 5 nitrogen and oxygen atoms in total. The molecule has 0 radical (unpaired) electrons. The molecule has 0 saturated carbocycles. The Bertz CT molecular complexity index is 835. The van der Waals surface area contributed by atoms with Gasteiger partial charge in [-0.1, -0.05) is 6.07 Å². The van der Waals surface area contributed by atoms with Crippen LogP contribution in [0.3, 0.4) is 0 Å². The molecule has 3 N–H and O–H groups in total. The molecule has 0 aliphatic carbocycles. The number of aliphatic hydroxyl groups excluding tert-OH is 1. The van der Waals surface area contributed by atoms with Gasteiger partial charge in [0.1, 0.15) is 17.7 Å². The number of rotatable bonds is 3. The number of fused-ring (bicyclic) bond motifs is 1. The van der Waals surface area contributed by atoms with Gasteiger partial charge in [-0.2, -0.15) is 0 Å². The van der Waals surface area contributed by atoms with E-state index in [1.165, 1.54) is 12.1 Å². The molecule has 0 aromatic heterocycles. The second kappa shape index (κ2) is 5.35. The van der Waals surface area contributed by atoms with Crippen LogP contribution in [0.4, 0.5) is 4.39 Å². The first-order chi connectivity index (χ1) is 10.4. The summed E-state index contributed by atoms with van der Waals surface area (Å²) in [5.41, 5.74) is 1.96. The molecule has 0 amide bonds. The number of aliphatic hydroxyl groups is 1. The van der Waals surface area contributed by atoms with Crippen LogP contribution >= 0.6 is 0 Å². The maximum atomic E-state index is 13.7. The van der Waals surface area contributed by atoms with Gasteiger partial charge >= 0.3 is 0 Å². The van der Waals surface area contributed by atoms with Crippen LogP contribution in [0.1, 0.15) is 5.56 Å². The zero-order valence-electron chi connectivity index (χ0n) is 11.5. The van der Waals surface area contributed by atoms with E-state index in [9.17, 15) is 12.8 Å². The van der Waals surface area contributed by atoms with Crippen LogP contribution in [0, 0.1) is 5.82 Å². The fraction of sp³-hybridized carbons (Fsp3) is 0.200. The summed E-state index contributed by atoms with van der Waals surface area (Å²) in [5.74, 6) is -0.00242. The molecule has 116 valence electrons. The summed E-state index contributed by atoms with van der Waals surface area (Å²) in [6.45, 7) is -0.0838. The fourth-order valence-corrected chi connectivity index (χ4v) is 3.06. The Morgan fingerprint density at radius 1 is 1.23 bits per heavy atom. The standard InChI is InChI=1S/C15H14FNO4S/c16-12-4-10(6-14(7-12)22(17,19)20)9-1-2-15-11(3-9)5-13(8-18)21-15/h1-4,6-7,13,18H,5,8H2,(H2,17,19,20). The van der Waals surface area contributed by atoms with Crippen molar-refractivity contribution < 1.29 is 22.7 Å². The predicted octanol–water partition coefficient (Wildman–Crippen LogP) is 1.44. The minimum Gasteiger partial charge on any atom is -0.487 e. The van der Waals surface area contributed by atoms with E-state index in [1.54, 1.807) is 18.2 Å². The van der Waals surface area contributed by atoms with Gasteiger partial charge < -0.3 is 9.84 Å². The van der Waals surface area contributed by atoms with Crippen molar-refractivity contribution in [2.75, 3.05) is 6.61 Å². The Morgan fingerprint density at radius 3 is 2.68 bits per heavy atom. The van der Waals surface area contributed by atoms with Gasteiger partial charge in [0.25, 0.3) is 0 Å². The molecule has 1 atom stereocenters. The Morgan fingerprint density at radius 2 is 2.00 bits per heavy atom. The van der Waals surface area contributed by atoms with Gasteiger partial charge in [-0.25, -0.2) is 17.9 Å². The maximum Gasteiger partial charge on any atom is 0.238 e. The number of primary sulfonamides is 1. The molecule has 0 saturated heterocycles. The Labute approximate surface area is 127 Å². The van der Waals surface area contributed by atoms with Crippen molar-refractivity contribution in [2.45, 2.75) is 17.4 Å². The molecule has 1 unspecified atom stereocenters. The van der Waals surface area contributed by atoms with E-state index in [-0.39, 0.29) is 17.6 Å². The lowest BCUT2D eigenvalue weighted by molar-refractivity contribution is 0.134. The van der Waals surface area contributed by atoms with Crippen molar-refractivity contribution in [1.82, 2.24) is 0 Å². The van der Waals surface area contributed by atoms with Gasteiger partial charge in [-0.05, 0) is 47.0 Å². The molecule has 0 bridgehead atoms. The molecular formula is C15H14FNO4S. The fourth-order valence-electron chi connectivity index (χ4n) is 2.50. The molecular weight excluding hydrogens is 309 g/mol. The minimum atomic E-state index is -3.98. The monoisotopic (exact) mass is 323 g/mol. The van der Waals surface area contributed by atoms with Crippen LogP contribution in [-0.2, 0) is 16.4 Å². The van der Waals surface area contributed by atoms with E-state index >= 15 is 0 Å². The number of hydrogen-bond donors (Lipinski definition) is 2. The molecule has 0 fully saturated rings. The van der Waals surface area contributed by atoms with E-state index < -0.39 is 15.8 Å². The van der Waals surface area contributed by atoms with Crippen molar-refractivity contribution >= 4 is 10.0 Å². The second-order valence-electron chi connectivity index (χ2n) is 5.17. The highest BCUT2D eigenvalue weighted by atomic mass is 32.2. The van der Waals surface area contributed by atoms with Gasteiger partial charge in [-0.3, -0.25) is 0 Å². The lowest BCUT2D eigenvalue weighted by atomic mass is 10.0. The third-order valence-electron chi connectivity index (χ3n) is 3.54. The molecule has 1 aliphatic heterocycles. The largest absolute Gasteiger partial charge is 0.487 e. The van der Waals surface area contributed by atoms with E-state index in [1.807, 2.05) is 0 Å². The molecule has 1 aliphatic rings. The van der Waals surface area contributed by atoms with E-state index in [0.29, 0.717) is 23.3 Å². The first-order valence-corrected chi connectivity index (χ1v) is 8.15. The molecule has 2 aromatic carbocycles. The summed E-state index contributed by atoms with van der Waals surface area (Å²) < 4.78 is 42.0. The third kappa shape index (κ3) is 2.83. The second-order valence-corrected chi connectivity index (χ2v) is 6.73. The van der Waals surface area contributed by atoms with Gasteiger partial charge in [0, 0.05) is 6.42 Å². The zero-order valence-corrected chi connectivity index (χ0v) is 12.3. The van der Waals surface area contributed by atoms with Crippen LogP contribution in [0.5, 0.6) is 5.75 Å². The normalized spacial score (nSPS) is 17.1. The predicted molar refractivity (Wildman–Crippen MR) is 78.4 cm³/mol. The van der Waals surface area contributed by atoms with E-state index in [4.69, 9.17) is 15.0 Å². The maximum absolute atomic E-state index is 13.7. The lowest BCUT2D eigenvalue weighted by Crippen LogP contribution is -2.17. The van der Waals surface area contributed by atoms with Crippen LogP contribution in [-0.4, -0.2) is 26.2 Å². The molecule has 2 aromatic rings. The van der Waals surface area contributed by atoms with Gasteiger partial charge in [0.15, 0.2) is 0 Å². The Kier molecular flexibility index (Phi) is 3.64. The molecule has 3 rings (SSSR count). The first kappa shape index (κ1) is 15.0. The molecule has 7 heteroatoms. The van der Waals surface area contributed by atoms with Gasteiger partial charge in [0.05, 0.1) is 11.5 Å². The number of hydrogen-bond acceptors (Lipinski definition) is 4. The summed E-state index contributed by atoms with van der Waals surface area (Å²) in [6.07, 6.45) is 0.273. The number of sulfonamides is 1. The minimum absolute atomic E-state index is 0.0838. The van der Waals surface area contributed by atoms with Crippen molar-refractivity contribution in [3.05, 3.63) is 47.8 Å². The number of halogens is 1. The van der Waals surface area contributed by atoms with Crippen LogP contribution in [0.15, 0.2) is 41.3 Å². The summed E-state index contributed by atoms with van der Waals surface area (Å²) in [4.78, 5) is -0.271. The van der Waals surface area contributed by atoms with Crippen molar-refractivity contribution in [3.8, 4) is 16.9 Å². The van der Waals surface area contributed by atoms with Crippen LogP contribution in [0.25, 0.3) is 11.1 Å². The molecule has 1 heterocycles. The van der Waals surface area contributed by atoms with E-state index in [0.717, 1.165) is 11.6 Å². The third-order valence-corrected chi connectivity index (χ3v) is 4.43. The van der Waals surface area contributed by atoms with Crippen molar-refractivity contribution in [2.24, 2.45) is 5.14 Å². The van der Waals surface area contributed by atoms with Crippen molar-refractivity contribution in [3.63, 3.8) is 0 Å². The molecule has 22 heavy (non-hydrogen) atoms. The number of nitrogens with two attached hydrogens (primary N) is 1. The average Bonchev–Trinajstić information content (AvgIpc) is 2.87. The highest BCUT2D eigenvalue weighted by Gasteiger charge is 2.22. The number of benzene rings is 2. The summed E-state index contributed by atoms with van der Waals surface area (Å²) in [6, 6.07) is 8.70. The summed E-state index contributed by atoms with van der Waals surface area (Å²) in [7, 11) is -3.98. The first-order valence-electron chi connectivity index (χ1n) is 6.61. The lowest BCUT2D eigenvalue weighted by Gasteiger charge is -2.07. The topological polar surface area (TPSA) is 89.6 Å². The summed E-state index contributed by atoms with van der Waals surface area (Å²) in [5, 5.41) is 14.2.